The minimum absolute atomic E-state index is 0. The van der Waals surface area contributed by atoms with Crippen molar-refractivity contribution in [2.75, 3.05) is 39.3 Å². The van der Waals surface area contributed by atoms with Gasteiger partial charge in [0.15, 0.2) is 0 Å². The van der Waals surface area contributed by atoms with Crippen LogP contribution in [0.2, 0.25) is 0 Å². The van der Waals surface area contributed by atoms with Crippen LogP contribution in [0.25, 0.3) is 0 Å². The van der Waals surface area contributed by atoms with Crippen LogP contribution in [0, 0.1) is 5.92 Å². The summed E-state index contributed by atoms with van der Waals surface area (Å²) in [5.74, 6) is -2.35. The second-order valence-corrected chi connectivity index (χ2v) is 6.79. The van der Waals surface area contributed by atoms with Gasteiger partial charge in [0.05, 0.1) is 12.6 Å². The molecule has 3 saturated heterocycles. The summed E-state index contributed by atoms with van der Waals surface area (Å²) in [6.45, 7) is 4.48. The Morgan fingerprint density at radius 2 is 1.83 bits per heavy atom. The highest BCUT2D eigenvalue weighted by atomic mass is 35.5. The molecule has 1 amide bonds. The summed E-state index contributed by atoms with van der Waals surface area (Å²) >= 11 is 0. The van der Waals surface area contributed by atoms with Gasteiger partial charge in [-0.2, -0.15) is 0 Å². The zero-order valence-corrected chi connectivity index (χ0v) is 14.9. The lowest BCUT2D eigenvalue weighted by molar-refractivity contribution is -0.132. The molecule has 3 aliphatic heterocycles. The summed E-state index contributed by atoms with van der Waals surface area (Å²) in [6.07, 6.45) is 4.53. The first-order valence-corrected chi connectivity index (χ1v) is 8.16. The molecule has 0 aromatic rings. The van der Waals surface area contributed by atoms with Gasteiger partial charge in [0.25, 0.3) is 5.92 Å². The van der Waals surface area contributed by atoms with E-state index in [1.807, 2.05) is 0 Å². The van der Waals surface area contributed by atoms with Gasteiger partial charge < -0.3 is 9.80 Å². The van der Waals surface area contributed by atoms with Gasteiger partial charge in [0.2, 0.25) is 5.91 Å². The molecule has 0 aromatic heterocycles. The first kappa shape index (κ1) is 20.9. The minimum atomic E-state index is -2.73. The Kier molecular flexibility index (Phi) is 7.98. The third-order valence-corrected chi connectivity index (χ3v) is 4.97. The smallest absolute Gasteiger partial charge is 0.262 e. The van der Waals surface area contributed by atoms with E-state index in [2.05, 4.69) is 10.2 Å². The molecule has 0 aliphatic carbocycles. The number of hydrogen-bond acceptors (Lipinski definition) is 3. The number of carbonyl (C=O) groups is 1. The lowest BCUT2D eigenvalue weighted by Gasteiger charge is -2.29. The number of carbonyl (C=O) groups excluding carboxylic acids is 1. The Balaban J connectivity index is 0.00000132. The van der Waals surface area contributed by atoms with Gasteiger partial charge >= 0.3 is 0 Å². The number of alkyl halides is 2. The first-order valence-electron chi connectivity index (χ1n) is 8.16. The molecule has 0 radical (unpaired) electrons. The van der Waals surface area contributed by atoms with E-state index >= 15 is 0 Å². The van der Waals surface area contributed by atoms with Gasteiger partial charge in [-0.15, -0.1) is 24.8 Å². The molecule has 3 aliphatic rings. The molecular weight excluding hydrogens is 347 g/mol. The fourth-order valence-corrected chi connectivity index (χ4v) is 3.80. The van der Waals surface area contributed by atoms with Gasteiger partial charge in [-0.3, -0.25) is 10.1 Å². The molecule has 8 heteroatoms. The third-order valence-electron chi connectivity index (χ3n) is 4.97. The molecule has 3 rings (SSSR count). The Morgan fingerprint density at radius 1 is 1.13 bits per heavy atom. The van der Waals surface area contributed by atoms with Crippen LogP contribution in [0.5, 0.6) is 0 Å². The second-order valence-electron chi connectivity index (χ2n) is 6.79. The molecule has 0 bridgehead atoms. The van der Waals surface area contributed by atoms with E-state index in [1.54, 1.807) is 4.90 Å². The molecule has 0 spiro atoms. The Hall–Kier alpha value is -0.170. The van der Waals surface area contributed by atoms with Crippen molar-refractivity contribution < 1.29 is 13.6 Å². The van der Waals surface area contributed by atoms with Crippen LogP contribution in [0.4, 0.5) is 8.78 Å². The predicted molar refractivity (Wildman–Crippen MR) is 90.8 cm³/mol. The second kappa shape index (κ2) is 8.79. The molecule has 4 nitrogen and oxygen atoms in total. The normalized spacial score (nSPS) is 30.6. The number of amides is 1. The highest BCUT2D eigenvalue weighted by molar-refractivity contribution is 5.85. The Bertz CT molecular complexity index is 395. The molecule has 2 atom stereocenters. The standard InChI is InChI=1S/C15H25F2N3O.2ClH/c16-15(17)8-13(18-11-15)14(21)20-7-4-12(10-20)9-19-5-2-1-3-6-19;;/h12-13,18H,1-11H2;2*1H. The fourth-order valence-electron chi connectivity index (χ4n) is 3.80. The fraction of sp³-hybridized carbons (Fsp3) is 0.933. The van der Waals surface area contributed by atoms with Crippen LogP contribution in [0.1, 0.15) is 32.1 Å². The van der Waals surface area contributed by atoms with Crippen LogP contribution in [0.15, 0.2) is 0 Å². The zero-order chi connectivity index (χ0) is 14.9. The number of rotatable bonds is 3. The predicted octanol–water partition coefficient (Wildman–Crippen LogP) is 2.16. The van der Waals surface area contributed by atoms with E-state index in [0.29, 0.717) is 5.92 Å². The number of nitrogens with zero attached hydrogens (tertiary/aromatic N) is 2. The average Bonchev–Trinajstić information content (AvgIpc) is 3.06. The Morgan fingerprint density at radius 3 is 2.43 bits per heavy atom. The molecule has 0 saturated carbocycles. The Labute approximate surface area is 149 Å². The molecule has 0 aromatic carbocycles. The van der Waals surface area contributed by atoms with Gasteiger partial charge in [-0.05, 0) is 38.3 Å². The van der Waals surface area contributed by atoms with Crippen molar-refractivity contribution in [3.8, 4) is 0 Å². The molecule has 1 N–H and O–H groups in total. The maximum atomic E-state index is 13.2. The van der Waals surface area contributed by atoms with E-state index in [4.69, 9.17) is 0 Å². The maximum Gasteiger partial charge on any atom is 0.262 e. The molecule has 3 heterocycles. The van der Waals surface area contributed by atoms with E-state index in [-0.39, 0.29) is 43.7 Å². The SMILES string of the molecule is Cl.Cl.O=C(C1CC(F)(F)CN1)N1CCC(CN2CCCCC2)C1. The van der Waals surface area contributed by atoms with Gasteiger partial charge in [-0.1, -0.05) is 6.42 Å². The van der Waals surface area contributed by atoms with Crippen molar-refractivity contribution in [3.63, 3.8) is 0 Å². The van der Waals surface area contributed by atoms with Crippen molar-refractivity contribution in [3.05, 3.63) is 0 Å². The molecule has 2 unspecified atom stereocenters. The lowest BCUT2D eigenvalue weighted by atomic mass is 10.1. The third kappa shape index (κ3) is 5.41. The summed E-state index contributed by atoms with van der Waals surface area (Å²) in [6, 6.07) is -0.686. The van der Waals surface area contributed by atoms with Crippen molar-refractivity contribution >= 4 is 30.7 Å². The summed E-state index contributed by atoms with van der Waals surface area (Å²) in [5.41, 5.74) is 0. The maximum absolute atomic E-state index is 13.2. The van der Waals surface area contributed by atoms with Crippen LogP contribution < -0.4 is 5.32 Å². The number of likely N-dealkylation sites (tertiary alicyclic amines) is 2. The van der Waals surface area contributed by atoms with Crippen molar-refractivity contribution in [1.29, 1.82) is 0 Å². The van der Waals surface area contributed by atoms with Crippen molar-refractivity contribution in [1.82, 2.24) is 15.1 Å². The monoisotopic (exact) mass is 373 g/mol. The van der Waals surface area contributed by atoms with Gasteiger partial charge in [0, 0.05) is 26.1 Å². The largest absolute Gasteiger partial charge is 0.341 e. The van der Waals surface area contributed by atoms with Gasteiger partial charge in [0.1, 0.15) is 0 Å². The minimum Gasteiger partial charge on any atom is -0.341 e. The lowest BCUT2D eigenvalue weighted by Crippen LogP contribution is -2.43. The average molecular weight is 374 g/mol. The van der Waals surface area contributed by atoms with E-state index in [1.165, 1.54) is 32.4 Å². The van der Waals surface area contributed by atoms with Crippen LogP contribution in [-0.4, -0.2) is 66.9 Å². The summed E-state index contributed by atoms with van der Waals surface area (Å²) in [7, 11) is 0. The molecular formula is C15H27Cl2F2N3O. The van der Waals surface area contributed by atoms with Crippen molar-refractivity contribution in [2.24, 2.45) is 5.92 Å². The highest BCUT2D eigenvalue weighted by Gasteiger charge is 2.44. The molecule has 136 valence electrons. The van der Waals surface area contributed by atoms with E-state index in [9.17, 15) is 13.6 Å². The number of nitrogens with one attached hydrogen (secondary N) is 1. The summed E-state index contributed by atoms with van der Waals surface area (Å²) in [4.78, 5) is 16.6. The topological polar surface area (TPSA) is 35.6 Å². The number of piperidine rings is 1. The van der Waals surface area contributed by atoms with Gasteiger partial charge in [-0.25, -0.2) is 8.78 Å². The number of hydrogen-bond donors (Lipinski definition) is 1. The van der Waals surface area contributed by atoms with Crippen LogP contribution in [0.3, 0.4) is 0 Å². The summed E-state index contributed by atoms with van der Waals surface area (Å²) < 4.78 is 26.4. The summed E-state index contributed by atoms with van der Waals surface area (Å²) in [5, 5.41) is 2.67. The quantitative estimate of drug-likeness (QED) is 0.823. The number of halogens is 4. The zero-order valence-electron chi connectivity index (χ0n) is 13.3. The van der Waals surface area contributed by atoms with E-state index in [0.717, 1.165) is 26.1 Å². The van der Waals surface area contributed by atoms with Crippen LogP contribution in [-0.2, 0) is 4.79 Å². The first-order chi connectivity index (χ1) is 10.0. The van der Waals surface area contributed by atoms with Crippen molar-refractivity contribution in [2.45, 2.75) is 44.1 Å². The molecule has 23 heavy (non-hydrogen) atoms. The van der Waals surface area contributed by atoms with E-state index < -0.39 is 12.0 Å². The highest BCUT2D eigenvalue weighted by Crippen LogP contribution is 2.28. The molecule has 3 fully saturated rings. The van der Waals surface area contributed by atoms with Crippen LogP contribution >= 0.6 is 24.8 Å².